The monoisotopic (exact) mass is 346 g/mol. The molecule has 0 spiro atoms. The van der Waals surface area contributed by atoms with Crippen LogP contribution in [0.2, 0.25) is 0 Å². The molecule has 0 aromatic heterocycles. The molecule has 5 nitrogen and oxygen atoms in total. The highest BCUT2D eigenvalue weighted by atomic mass is 19.4. The zero-order chi connectivity index (χ0) is 17.8. The van der Waals surface area contributed by atoms with E-state index in [1.165, 1.54) is 4.90 Å². The first-order chi connectivity index (χ1) is 11.2. The van der Waals surface area contributed by atoms with Crippen molar-refractivity contribution in [2.24, 2.45) is 0 Å². The predicted octanol–water partition coefficient (Wildman–Crippen LogP) is 3.14. The third-order valence-electron chi connectivity index (χ3n) is 4.06. The van der Waals surface area contributed by atoms with E-state index in [0.717, 1.165) is 5.56 Å². The average molecular weight is 346 g/mol. The lowest BCUT2D eigenvalue weighted by Gasteiger charge is -2.39. The number of anilines is 1. The molecule has 2 amide bonds. The molecule has 2 N–H and O–H groups in total. The Labute approximate surface area is 138 Å². The van der Waals surface area contributed by atoms with E-state index in [1.54, 1.807) is 18.2 Å². The molecule has 1 aromatic carbocycles. The molecule has 24 heavy (non-hydrogen) atoms. The highest BCUT2D eigenvalue weighted by Gasteiger charge is 2.54. The fraction of sp³-hybridized carbons (Fsp3) is 0.562. The van der Waals surface area contributed by atoms with E-state index in [1.807, 2.05) is 13.0 Å². The highest BCUT2D eigenvalue weighted by Crippen LogP contribution is 2.38. The SMILES string of the molecule is CCOCc1cccc(NC(=O)N2CCC(O)(C(F)(F)F)CC2)c1. The van der Waals surface area contributed by atoms with Crippen molar-refractivity contribution >= 4 is 11.7 Å². The Bertz CT molecular complexity index is 570. The van der Waals surface area contributed by atoms with Crippen LogP contribution in [0.15, 0.2) is 24.3 Å². The number of nitrogens with zero attached hydrogens (tertiary/aromatic N) is 1. The van der Waals surface area contributed by atoms with E-state index < -0.39 is 30.7 Å². The van der Waals surface area contributed by atoms with Crippen LogP contribution in [0.1, 0.15) is 25.3 Å². The molecule has 0 bridgehead atoms. The summed E-state index contributed by atoms with van der Waals surface area (Å²) in [5.41, 5.74) is -1.27. The second kappa shape index (κ2) is 7.40. The Balaban J connectivity index is 1.92. The lowest BCUT2D eigenvalue weighted by Crippen LogP contribution is -2.55. The average Bonchev–Trinajstić information content (AvgIpc) is 2.53. The smallest absolute Gasteiger partial charge is 0.380 e. The third-order valence-corrected chi connectivity index (χ3v) is 4.06. The van der Waals surface area contributed by atoms with Crippen molar-refractivity contribution in [2.45, 2.75) is 38.1 Å². The summed E-state index contributed by atoms with van der Waals surface area (Å²) in [5.74, 6) is 0. The first kappa shape index (κ1) is 18.5. The number of carbonyl (C=O) groups excluding carboxylic acids is 1. The minimum atomic E-state index is -4.68. The molecule has 0 atom stereocenters. The van der Waals surface area contributed by atoms with Gasteiger partial charge >= 0.3 is 12.2 Å². The minimum absolute atomic E-state index is 0.152. The number of nitrogens with one attached hydrogen (secondary N) is 1. The van der Waals surface area contributed by atoms with Gasteiger partial charge in [0.25, 0.3) is 0 Å². The van der Waals surface area contributed by atoms with E-state index in [9.17, 15) is 23.1 Å². The van der Waals surface area contributed by atoms with Gasteiger partial charge < -0.3 is 20.1 Å². The number of urea groups is 1. The second-order valence-electron chi connectivity index (χ2n) is 5.78. The van der Waals surface area contributed by atoms with Crippen molar-refractivity contribution in [1.29, 1.82) is 0 Å². The van der Waals surface area contributed by atoms with Gasteiger partial charge in [-0.1, -0.05) is 12.1 Å². The van der Waals surface area contributed by atoms with Gasteiger partial charge in [-0.3, -0.25) is 0 Å². The summed E-state index contributed by atoms with van der Waals surface area (Å²) in [6.07, 6.45) is -5.72. The number of carbonyl (C=O) groups is 1. The van der Waals surface area contributed by atoms with E-state index in [0.29, 0.717) is 18.9 Å². The van der Waals surface area contributed by atoms with Crippen LogP contribution in [-0.4, -0.2) is 47.5 Å². The number of piperidine rings is 1. The summed E-state index contributed by atoms with van der Waals surface area (Å²) < 4.78 is 43.6. The van der Waals surface area contributed by atoms with Gasteiger partial charge in [0.15, 0.2) is 5.60 Å². The summed E-state index contributed by atoms with van der Waals surface area (Å²) in [4.78, 5) is 13.4. The Morgan fingerprint density at radius 1 is 1.38 bits per heavy atom. The number of halogens is 3. The number of ether oxygens (including phenoxy) is 1. The molecule has 8 heteroatoms. The van der Waals surface area contributed by atoms with E-state index in [2.05, 4.69) is 5.32 Å². The summed E-state index contributed by atoms with van der Waals surface area (Å²) in [6.45, 7) is 2.57. The summed E-state index contributed by atoms with van der Waals surface area (Å²) in [7, 11) is 0. The standard InChI is InChI=1S/C16H21F3N2O3/c1-2-24-11-12-4-3-5-13(10-12)20-14(22)21-8-6-15(23,7-9-21)16(17,18)19/h3-5,10,23H,2,6-9,11H2,1H3,(H,20,22). The highest BCUT2D eigenvalue weighted by molar-refractivity contribution is 5.89. The van der Waals surface area contributed by atoms with Crippen LogP contribution in [0.3, 0.4) is 0 Å². The number of rotatable bonds is 4. The van der Waals surface area contributed by atoms with Gasteiger partial charge in [0.05, 0.1) is 6.61 Å². The minimum Gasteiger partial charge on any atom is -0.380 e. The maximum atomic E-state index is 12.8. The van der Waals surface area contributed by atoms with Crippen LogP contribution in [0, 0.1) is 0 Å². The maximum absolute atomic E-state index is 12.8. The van der Waals surface area contributed by atoms with Crippen LogP contribution in [0.25, 0.3) is 0 Å². The summed E-state index contributed by atoms with van der Waals surface area (Å²) in [6, 6.07) is 6.60. The van der Waals surface area contributed by atoms with Crippen molar-refractivity contribution in [3.05, 3.63) is 29.8 Å². The quantitative estimate of drug-likeness (QED) is 0.880. The number of benzene rings is 1. The predicted molar refractivity (Wildman–Crippen MR) is 82.6 cm³/mol. The van der Waals surface area contributed by atoms with Crippen LogP contribution < -0.4 is 5.32 Å². The molecule has 1 aliphatic rings. The van der Waals surface area contributed by atoms with Crippen LogP contribution in [0.5, 0.6) is 0 Å². The molecule has 0 aliphatic carbocycles. The van der Waals surface area contributed by atoms with Crippen molar-refractivity contribution < 1.29 is 27.8 Å². The van der Waals surface area contributed by atoms with E-state index in [-0.39, 0.29) is 13.1 Å². The zero-order valence-corrected chi connectivity index (χ0v) is 13.4. The van der Waals surface area contributed by atoms with E-state index >= 15 is 0 Å². The Kier molecular flexibility index (Phi) is 5.71. The van der Waals surface area contributed by atoms with Gasteiger partial charge in [-0.2, -0.15) is 13.2 Å². The second-order valence-corrected chi connectivity index (χ2v) is 5.78. The largest absolute Gasteiger partial charge is 0.417 e. The molecule has 134 valence electrons. The van der Waals surface area contributed by atoms with Gasteiger partial charge in [-0.05, 0) is 24.6 Å². The number of hydrogen-bond acceptors (Lipinski definition) is 3. The van der Waals surface area contributed by atoms with Gasteiger partial charge in [-0.15, -0.1) is 0 Å². The van der Waals surface area contributed by atoms with Gasteiger partial charge in [0, 0.05) is 38.2 Å². The molecule has 1 aliphatic heterocycles. The first-order valence-electron chi connectivity index (χ1n) is 7.77. The number of aliphatic hydroxyl groups is 1. The van der Waals surface area contributed by atoms with Crippen molar-refractivity contribution in [3.8, 4) is 0 Å². The fourth-order valence-electron chi connectivity index (χ4n) is 2.52. The molecule has 0 radical (unpaired) electrons. The Morgan fingerprint density at radius 2 is 2.04 bits per heavy atom. The fourth-order valence-corrected chi connectivity index (χ4v) is 2.52. The molecule has 1 fully saturated rings. The molecule has 1 aromatic rings. The molecule has 2 rings (SSSR count). The van der Waals surface area contributed by atoms with Crippen LogP contribution in [-0.2, 0) is 11.3 Å². The lowest BCUT2D eigenvalue weighted by atomic mass is 9.91. The molecule has 1 heterocycles. The molecule has 0 saturated carbocycles. The van der Waals surface area contributed by atoms with Crippen molar-refractivity contribution in [2.75, 3.05) is 25.0 Å². The van der Waals surface area contributed by atoms with Gasteiger partial charge in [0.1, 0.15) is 0 Å². The number of likely N-dealkylation sites (tertiary alicyclic amines) is 1. The topological polar surface area (TPSA) is 61.8 Å². The molecule has 0 unspecified atom stereocenters. The number of alkyl halides is 3. The Morgan fingerprint density at radius 3 is 2.62 bits per heavy atom. The van der Waals surface area contributed by atoms with Crippen molar-refractivity contribution in [1.82, 2.24) is 4.90 Å². The molecular formula is C16H21F3N2O3. The normalized spacial score (nSPS) is 17.6. The maximum Gasteiger partial charge on any atom is 0.417 e. The van der Waals surface area contributed by atoms with Gasteiger partial charge in [0.2, 0.25) is 0 Å². The van der Waals surface area contributed by atoms with Crippen LogP contribution in [0.4, 0.5) is 23.7 Å². The number of hydrogen-bond donors (Lipinski definition) is 2. The summed E-state index contributed by atoms with van der Waals surface area (Å²) in [5, 5.41) is 12.3. The van der Waals surface area contributed by atoms with Crippen molar-refractivity contribution in [3.63, 3.8) is 0 Å². The first-order valence-corrected chi connectivity index (χ1v) is 7.77. The number of amides is 2. The summed E-state index contributed by atoms with van der Waals surface area (Å²) >= 11 is 0. The Hall–Kier alpha value is -1.80. The molecular weight excluding hydrogens is 325 g/mol. The van der Waals surface area contributed by atoms with Crippen LogP contribution >= 0.6 is 0 Å². The molecule has 1 saturated heterocycles. The van der Waals surface area contributed by atoms with Gasteiger partial charge in [-0.25, -0.2) is 4.79 Å². The lowest BCUT2D eigenvalue weighted by molar-refractivity contribution is -0.271. The zero-order valence-electron chi connectivity index (χ0n) is 13.4. The van der Waals surface area contributed by atoms with E-state index in [4.69, 9.17) is 4.74 Å². The third kappa shape index (κ3) is 4.39.